The Bertz CT molecular complexity index is 321. The fourth-order valence-corrected chi connectivity index (χ4v) is 1.37. The third-order valence-electron chi connectivity index (χ3n) is 3.07. The highest BCUT2D eigenvalue weighted by Crippen LogP contribution is 2.12. The summed E-state index contributed by atoms with van der Waals surface area (Å²) in [6.07, 6.45) is 0.861. The van der Waals surface area contributed by atoms with E-state index in [-0.39, 0.29) is 18.0 Å². The lowest BCUT2D eigenvalue weighted by atomic mass is 10.0. The minimum Gasteiger partial charge on any atom is -0.394 e. The second kappa shape index (κ2) is 5.41. The predicted molar refractivity (Wildman–Crippen MR) is 63.9 cm³/mol. The van der Waals surface area contributed by atoms with E-state index in [1.165, 1.54) is 12.1 Å². The number of likely N-dealkylation sites (N-methyl/N-ethyl adjacent to an activating group) is 1. The number of aliphatic hydroxyl groups excluding tert-OH is 1. The summed E-state index contributed by atoms with van der Waals surface area (Å²) in [5.74, 6) is -0.201. The van der Waals surface area contributed by atoms with Gasteiger partial charge in [-0.1, -0.05) is 12.1 Å². The molecule has 16 heavy (non-hydrogen) atoms. The van der Waals surface area contributed by atoms with Crippen LogP contribution in [0.2, 0.25) is 0 Å². The summed E-state index contributed by atoms with van der Waals surface area (Å²) in [7, 11) is 1.99. The molecule has 1 rings (SSSR count). The molecule has 0 atom stereocenters. The Kier molecular flexibility index (Phi) is 4.44. The van der Waals surface area contributed by atoms with E-state index >= 15 is 0 Å². The molecule has 1 aromatic carbocycles. The molecule has 0 unspecified atom stereocenters. The Labute approximate surface area is 96.7 Å². The van der Waals surface area contributed by atoms with Gasteiger partial charge in [0.05, 0.1) is 6.61 Å². The maximum absolute atomic E-state index is 12.7. The molecule has 1 aromatic rings. The first-order valence-electron chi connectivity index (χ1n) is 5.52. The van der Waals surface area contributed by atoms with Crippen molar-refractivity contribution < 1.29 is 9.50 Å². The predicted octanol–water partition coefficient (Wildman–Crippen LogP) is 2.07. The van der Waals surface area contributed by atoms with Crippen LogP contribution in [-0.4, -0.2) is 35.7 Å². The van der Waals surface area contributed by atoms with Crippen LogP contribution in [0.5, 0.6) is 0 Å². The van der Waals surface area contributed by atoms with Gasteiger partial charge in [-0.3, -0.25) is 4.90 Å². The summed E-state index contributed by atoms with van der Waals surface area (Å²) >= 11 is 0. The SMILES string of the molecule is CN(CCc1ccc(F)cc1)C(C)(C)CO. The van der Waals surface area contributed by atoms with Crippen molar-refractivity contribution in [1.82, 2.24) is 4.90 Å². The normalized spacial score (nSPS) is 12.1. The van der Waals surface area contributed by atoms with Crippen molar-refractivity contribution in [2.45, 2.75) is 25.8 Å². The van der Waals surface area contributed by atoms with E-state index in [2.05, 4.69) is 4.90 Å². The zero-order valence-corrected chi connectivity index (χ0v) is 10.2. The number of aliphatic hydroxyl groups is 1. The van der Waals surface area contributed by atoms with Gasteiger partial charge in [0, 0.05) is 12.1 Å². The van der Waals surface area contributed by atoms with E-state index in [1.54, 1.807) is 12.1 Å². The van der Waals surface area contributed by atoms with Gasteiger partial charge in [-0.05, 0) is 45.0 Å². The second-order valence-corrected chi connectivity index (χ2v) is 4.77. The fourth-order valence-electron chi connectivity index (χ4n) is 1.37. The Morgan fingerprint density at radius 2 is 1.81 bits per heavy atom. The molecule has 0 fully saturated rings. The topological polar surface area (TPSA) is 23.5 Å². The Hall–Kier alpha value is -0.930. The molecular formula is C13H20FNO. The zero-order chi connectivity index (χ0) is 12.2. The quantitative estimate of drug-likeness (QED) is 0.829. The first-order valence-corrected chi connectivity index (χ1v) is 5.52. The summed E-state index contributed by atoms with van der Waals surface area (Å²) in [4.78, 5) is 2.11. The minimum absolute atomic E-state index is 0.132. The van der Waals surface area contributed by atoms with Crippen LogP contribution < -0.4 is 0 Å². The molecule has 3 heteroatoms. The van der Waals surface area contributed by atoms with E-state index < -0.39 is 0 Å². The molecule has 0 aliphatic rings. The van der Waals surface area contributed by atoms with Crippen LogP contribution >= 0.6 is 0 Å². The van der Waals surface area contributed by atoms with E-state index in [0.717, 1.165) is 18.5 Å². The van der Waals surface area contributed by atoms with Crippen molar-refractivity contribution in [3.05, 3.63) is 35.6 Å². The molecule has 0 heterocycles. The van der Waals surface area contributed by atoms with Gasteiger partial charge < -0.3 is 5.11 Å². The molecule has 0 bridgehead atoms. The van der Waals surface area contributed by atoms with Crippen LogP contribution in [0.3, 0.4) is 0 Å². The molecule has 90 valence electrons. The molecule has 0 radical (unpaired) electrons. The van der Waals surface area contributed by atoms with Crippen LogP contribution in [0.15, 0.2) is 24.3 Å². The summed E-state index contributed by atoms with van der Waals surface area (Å²) in [5, 5.41) is 9.21. The van der Waals surface area contributed by atoms with Crippen LogP contribution in [-0.2, 0) is 6.42 Å². The number of nitrogens with zero attached hydrogens (tertiary/aromatic N) is 1. The summed E-state index contributed by atoms with van der Waals surface area (Å²) in [6, 6.07) is 6.56. The van der Waals surface area contributed by atoms with Gasteiger partial charge in [0.2, 0.25) is 0 Å². The zero-order valence-electron chi connectivity index (χ0n) is 10.2. The number of rotatable bonds is 5. The maximum Gasteiger partial charge on any atom is 0.123 e. The largest absolute Gasteiger partial charge is 0.394 e. The second-order valence-electron chi connectivity index (χ2n) is 4.77. The van der Waals surface area contributed by atoms with Crippen molar-refractivity contribution in [2.24, 2.45) is 0 Å². The van der Waals surface area contributed by atoms with Crippen molar-refractivity contribution in [3.63, 3.8) is 0 Å². The lowest BCUT2D eigenvalue weighted by Gasteiger charge is -2.33. The lowest BCUT2D eigenvalue weighted by molar-refractivity contribution is 0.0801. The Morgan fingerprint density at radius 1 is 1.25 bits per heavy atom. The van der Waals surface area contributed by atoms with Gasteiger partial charge in [-0.25, -0.2) is 4.39 Å². The van der Waals surface area contributed by atoms with Gasteiger partial charge in [0.25, 0.3) is 0 Å². The van der Waals surface area contributed by atoms with Crippen molar-refractivity contribution >= 4 is 0 Å². The van der Waals surface area contributed by atoms with E-state index in [0.29, 0.717) is 0 Å². The van der Waals surface area contributed by atoms with Crippen LogP contribution in [0.4, 0.5) is 4.39 Å². The van der Waals surface area contributed by atoms with Gasteiger partial charge in [-0.2, -0.15) is 0 Å². The van der Waals surface area contributed by atoms with Crippen molar-refractivity contribution in [1.29, 1.82) is 0 Å². The van der Waals surface area contributed by atoms with E-state index in [1.807, 2.05) is 20.9 Å². The average Bonchev–Trinajstić information content (AvgIpc) is 2.28. The standard InChI is InChI=1S/C13H20FNO/c1-13(2,10-16)15(3)9-8-11-4-6-12(14)7-5-11/h4-7,16H,8-10H2,1-3H3. The molecular weight excluding hydrogens is 205 g/mol. The number of halogens is 1. The highest BCUT2D eigenvalue weighted by Gasteiger charge is 2.21. The van der Waals surface area contributed by atoms with Crippen LogP contribution in [0.1, 0.15) is 19.4 Å². The Morgan fingerprint density at radius 3 is 2.31 bits per heavy atom. The molecule has 0 spiro atoms. The third-order valence-corrected chi connectivity index (χ3v) is 3.07. The van der Waals surface area contributed by atoms with E-state index in [9.17, 15) is 9.50 Å². The summed E-state index contributed by atoms with van der Waals surface area (Å²) < 4.78 is 12.7. The molecule has 0 aromatic heterocycles. The fraction of sp³-hybridized carbons (Fsp3) is 0.538. The number of benzene rings is 1. The maximum atomic E-state index is 12.7. The molecule has 0 saturated heterocycles. The average molecular weight is 225 g/mol. The molecule has 0 aliphatic carbocycles. The Balaban J connectivity index is 2.49. The van der Waals surface area contributed by atoms with Gasteiger partial charge in [0.1, 0.15) is 5.82 Å². The molecule has 0 saturated carbocycles. The molecule has 0 aliphatic heterocycles. The lowest BCUT2D eigenvalue weighted by Crippen LogP contribution is -2.45. The smallest absolute Gasteiger partial charge is 0.123 e. The van der Waals surface area contributed by atoms with Crippen LogP contribution in [0, 0.1) is 5.82 Å². The number of hydrogen-bond donors (Lipinski definition) is 1. The van der Waals surface area contributed by atoms with Crippen LogP contribution in [0.25, 0.3) is 0 Å². The third kappa shape index (κ3) is 3.58. The minimum atomic E-state index is -0.208. The van der Waals surface area contributed by atoms with Gasteiger partial charge in [0.15, 0.2) is 0 Å². The highest BCUT2D eigenvalue weighted by atomic mass is 19.1. The summed E-state index contributed by atoms with van der Waals surface area (Å²) in [6.45, 7) is 4.97. The first-order chi connectivity index (χ1) is 7.45. The highest BCUT2D eigenvalue weighted by molar-refractivity contribution is 5.16. The van der Waals surface area contributed by atoms with Crippen molar-refractivity contribution in [2.75, 3.05) is 20.2 Å². The van der Waals surface area contributed by atoms with Gasteiger partial charge >= 0.3 is 0 Å². The number of hydrogen-bond acceptors (Lipinski definition) is 2. The molecule has 1 N–H and O–H groups in total. The van der Waals surface area contributed by atoms with Crippen molar-refractivity contribution in [3.8, 4) is 0 Å². The van der Waals surface area contributed by atoms with Gasteiger partial charge in [-0.15, -0.1) is 0 Å². The van der Waals surface area contributed by atoms with E-state index in [4.69, 9.17) is 0 Å². The molecule has 0 amide bonds. The molecule has 2 nitrogen and oxygen atoms in total. The summed E-state index contributed by atoms with van der Waals surface area (Å²) in [5.41, 5.74) is 0.905. The first kappa shape index (κ1) is 13.1. The monoisotopic (exact) mass is 225 g/mol.